The van der Waals surface area contributed by atoms with E-state index in [2.05, 4.69) is 4.74 Å². The Bertz CT molecular complexity index is 1240. The van der Waals surface area contributed by atoms with Gasteiger partial charge in [0.2, 0.25) is 0 Å². The Balaban J connectivity index is 3.42. The van der Waals surface area contributed by atoms with Crippen molar-refractivity contribution in [2.24, 2.45) is 0 Å². The Labute approximate surface area is 236 Å². The second-order valence-electron chi connectivity index (χ2n) is 8.76. The van der Waals surface area contributed by atoms with Gasteiger partial charge in [-0.05, 0) is 24.3 Å². The van der Waals surface area contributed by atoms with Crippen LogP contribution in [0, 0.1) is 0 Å². The first-order chi connectivity index (χ1) is 19.8. The van der Waals surface area contributed by atoms with Gasteiger partial charge in [0.25, 0.3) is 0 Å². The molecular weight excluding hydrogens is 728 g/mol. The normalized spacial score (nSPS) is 15.7. The van der Waals surface area contributed by atoms with Gasteiger partial charge in [-0.1, -0.05) is 0 Å². The number of alkyl halides is 24. The summed E-state index contributed by atoms with van der Waals surface area (Å²) in [6.45, 7) is -2.37. The Morgan fingerprint density at radius 1 is 0.457 bits per heavy atom. The molecule has 0 N–H and O–H groups in total. The molecule has 2 nitrogen and oxygen atoms in total. The van der Waals surface area contributed by atoms with Crippen LogP contribution in [-0.2, 0) is 10.9 Å². The first-order valence-corrected chi connectivity index (χ1v) is 10.7. The summed E-state index contributed by atoms with van der Waals surface area (Å²) in [7, 11) is 0. The summed E-state index contributed by atoms with van der Waals surface area (Å²) in [6, 6.07) is 0.778. The topological polar surface area (TPSA) is 26.3 Å². The molecule has 0 radical (unpaired) electrons. The molecule has 0 spiro atoms. The molecule has 1 aromatic rings. The van der Waals surface area contributed by atoms with Crippen LogP contribution in [0.1, 0.15) is 22.3 Å². The minimum Gasteiger partial charge on any atom is -0.462 e. The number of carbonyl (C=O) groups excluding carboxylic acids is 1. The number of hydrogen-bond donors (Lipinski definition) is 0. The summed E-state index contributed by atoms with van der Waals surface area (Å²) in [4.78, 5) is 11.6. The van der Waals surface area contributed by atoms with Crippen LogP contribution < -0.4 is 0 Å². The molecule has 0 saturated heterocycles. The number of ether oxygens (including phenoxy) is 1. The molecule has 0 aliphatic rings. The SMILES string of the molecule is O=C(OCCC(F)(F)C(F)(F)C(F)(F)C(F)(F)C(F)(F)C(F)(F)C(F)(F)C(F)(F)C(F)(F)C(F)(F)F)c1ccc(C(F)(F)F)cc1. The highest BCUT2D eigenvalue weighted by Gasteiger charge is 2.97. The third-order valence-electron chi connectivity index (χ3n) is 5.67. The third-order valence-corrected chi connectivity index (χ3v) is 5.67. The van der Waals surface area contributed by atoms with Crippen LogP contribution in [-0.4, -0.2) is 72.1 Å². The number of rotatable bonds is 12. The molecule has 1 rings (SSSR count). The molecule has 0 atom stereocenters. The standard InChI is InChI=1S/C20H8F24O2/c21-10(22,5-6-46-9(45)7-1-3-8(4-2-7)11(23,24)25)12(26,27)13(28,29)14(30,31)15(32,33)16(34,35)17(36,37)18(38,39)19(40,41)20(42,43)44/h1-4H,5-6H2. The summed E-state index contributed by atoms with van der Waals surface area (Å²) in [5.74, 6) is -80.4. The fraction of sp³-hybridized carbons (Fsp3) is 0.650. The Morgan fingerprint density at radius 2 is 0.761 bits per heavy atom. The highest BCUT2D eigenvalue weighted by atomic mass is 19.4. The van der Waals surface area contributed by atoms with Gasteiger partial charge in [0.15, 0.2) is 0 Å². The molecule has 0 amide bonds. The molecule has 0 heterocycles. The zero-order valence-corrected chi connectivity index (χ0v) is 20.6. The minimum atomic E-state index is -9.30. The fourth-order valence-corrected chi connectivity index (χ4v) is 2.90. The van der Waals surface area contributed by atoms with Gasteiger partial charge in [0.05, 0.1) is 24.2 Å². The van der Waals surface area contributed by atoms with Gasteiger partial charge >= 0.3 is 71.6 Å². The van der Waals surface area contributed by atoms with E-state index in [1.54, 1.807) is 0 Å². The summed E-state index contributed by atoms with van der Waals surface area (Å²) in [5, 5.41) is 0. The highest BCUT2D eigenvalue weighted by molar-refractivity contribution is 5.89. The maximum atomic E-state index is 13.9. The first-order valence-electron chi connectivity index (χ1n) is 10.7. The van der Waals surface area contributed by atoms with Crippen LogP contribution in [0.15, 0.2) is 24.3 Å². The molecule has 46 heavy (non-hydrogen) atoms. The molecule has 0 saturated carbocycles. The summed E-state index contributed by atoms with van der Waals surface area (Å²) in [6.07, 6.45) is -16.3. The highest BCUT2D eigenvalue weighted by Crippen LogP contribution is 2.66. The van der Waals surface area contributed by atoms with E-state index in [1.165, 1.54) is 0 Å². The van der Waals surface area contributed by atoms with Crippen LogP contribution in [0.25, 0.3) is 0 Å². The van der Waals surface area contributed by atoms with E-state index in [0.717, 1.165) is 0 Å². The lowest BCUT2D eigenvalue weighted by Crippen LogP contribution is -2.76. The zero-order valence-electron chi connectivity index (χ0n) is 20.6. The molecule has 268 valence electrons. The van der Waals surface area contributed by atoms with Crippen LogP contribution in [0.3, 0.4) is 0 Å². The van der Waals surface area contributed by atoms with E-state index >= 15 is 0 Å². The van der Waals surface area contributed by atoms with Crippen LogP contribution in [0.4, 0.5) is 105 Å². The zero-order chi connectivity index (χ0) is 37.2. The van der Waals surface area contributed by atoms with Crippen molar-refractivity contribution >= 4 is 5.97 Å². The average Bonchev–Trinajstić information content (AvgIpc) is 2.86. The van der Waals surface area contributed by atoms with Crippen molar-refractivity contribution in [2.45, 2.75) is 72.1 Å². The molecule has 0 aliphatic heterocycles. The lowest BCUT2D eigenvalue weighted by atomic mass is 9.86. The monoisotopic (exact) mass is 736 g/mol. The van der Waals surface area contributed by atoms with Gasteiger partial charge in [-0.25, -0.2) is 4.79 Å². The van der Waals surface area contributed by atoms with Crippen LogP contribution in [0.5, 0.6) is 0 Å². The molecule has 0 bridgehead atoms. The first kappa shape index (κ1) is 41.0. The van der Waals surface area contributed by atoms with Crippen molar-refractivity contribution in [3.05, 3.63) is 35.4 Å². The molecule has 26 heteroatoms. The number of halogens is 24. The van der Waals surface area contributed by atoms with E-state index in [1.807, 2.05) is 0 Å². The fourth-order valence-electron chi connectivity index (χ4n) is 2.90. The van der Waals surface area contributed by atoms with Crippen LogP contribution in [0.2, 0.25) is 0 Å². The third kappa shape index (κ3) is 5.95. The largest absolute Gasteiger partial charge is 0.462 e. The smallest absolute Gasteiger partial charge is 0.460 e. The lowest BCUT2D eigenvalue weighted by molar-refractivity contribution is -0.474. The van der Waals surface area contributed by atoms with Crippen molar-refractivity contribution in [1.82, 2.24) is 0 Å². The number of carbonyl (C=O) groups is 1. The Morgan fingerprint density at radius 3 is 1.07 bits per heavy atom. The summed E-state index contributed by atoms with van der Waals surface area (Å²) >= 11 is 0. The van der Waals surface area contributed by atoms with E-state index in [-0.39, 0.29) is 24.3 Å². The number of esters is 1. The molecule has 0 unspecified atom stereocenters. The maximum absolute atomic E-state index is 13.9. The Hall–Kier alpha value is -2.99. The van der Waals surface area contributed by atoms with Crippen molar-refractivity contribution in [2.75, 3.05) is 6.61 Å². The number of benzene rings is 1. The molecule has 0 aliphatic carbocycles. The quantitative estimate of drug-likeness (QED) is 0.158. The van der Waals surface area contributed by atoms with Gasteiger partial charge in [-0.2, -0.15) is 105 Å². The van der Waals surface area contributed by atoms with E-state index in [4.69, 9.17) is 0 Å². The summed E-state index contributed by atoms with van der Waals surface area (Å²) in [5.41, 5.74) is -2.47. The molecule has 0 fully saturated rings. The van der Waals surface area contributed by atoms with E-state index < -0.39 is 95.8 Å². The van der Waals surface area contributed by atoms with Gasteiger partial charge in [-0.15, -0.1) is 0 Å². The Kier molecular flexibility index (Phi) is 10.1. The second kappa shape index (κ2) is 11.3. The van der Waals surface area contributed by atoms with Crippen molar-refractivity contribution in [3.8, 4) is 0 Å². The van der Waals surface area contributed by atoms with E-state index in [9.17, 15) is 110 Å². The van der Waals surface area contributed by atoms with Crippen molar-refractivity contribution in [3.63, 3.8) is 0 Å². The summed E-state index contributed by atoms with van der Waals surface area (Å²) < 4.78 is 321. The molecular formula is C20H8F24O2. The van der Waals surface area contributed by atoms with Gasteiger partial charge < -0.3 is 4.74 Å². The predicted molar refractivity (Wildman–Crippen MR) is 96.9 cm³/mol. The predicted octanol–water partition coefficient (Wildman–Crippen LogP) is 9.53. The molecule has 1 aromatic carbocycles. The van der Waals surface area contributed by atoms with Crippen molar-refractivity contribution in [1.29, 1.82) is 0 Å². The maximum Gasteiger partial charge on any atom is 0.460 e. The second-order valence-corrected chi connectivity index (χ2v) is 8.76. The molecule has 0 aromatic heterocycles. The van der Waals surface area contributed by atoms with Crippen molar-refractivity contribution < 1.29 is 115 Å². The van der Waals surface area contributed by atoms with Gasteiger partial charge in [0, 0.05) is 0 Å². The van der Waals surface area contributed by atoms with E-state index in [0.29, 0.717) is 0 Å². The van der Waals surface area contributed by atoms with Crippen LogP contribution >= 0.6 is 0 Å². The van der Waals surface area contributed by atoms with Gasteiger partial charge in [0.1, 0.15) is 0 Å². The average molecular weight is 736 g/mol. The lowest BCUT2D eigenvalue weighted by Gasteiger charge is -2.44. The van der Waals surface area contributed by atoms with Gasteiger partial charge in [-0.3, -0.25) is 0 Å². The minimum absolute atomic E-state index is 0.140. The number of hydrogen-bond acceptors (Lipinski definition) is 2.